The summed E-state index contributed by atoms with van der Waals surface area (Å²) in [6, 6.07) is 6.95. The van der Waals surface area contributed by atoms with Crippen molar-refractivity contribution in [2.75, 3.05) is 6.61 Å². The number of aryl methyl sites for hydroxylation is 1. The molecule has 3 aromatic heterocycles. The van der Waals surface area contributed by atoms with Gasteiger partial charge in [-0.1, -0.05) is 6.07 Å². The van der Waals surface area contributed by atoms with Crippen LogP contribution in [-0.4, -0.2) is 47.6 Å². The first-order valence-electron chi connectivity index (χ1n) is 8.46. The van der Waals surface area contributed by atoms with Gasteiger partial charge in [0.2, 0.25) is 5.65 Å². The third kappa shape index (κ3) is 2.90. The Labute approximate surface area is 157 Å². The molecule has 1 aromatic carbocycles. The number of ether oxygens (including phenoxy) is 1. The fourth-order valence-corrected chi connectivity index (χ4v) is 2.99. The highest BCUT2D eigenvalue weighted by molar-refractivity contribution is 5.88. The second-order valence-corrected chi connectivity index (χ2v) is 6.08. The summed E-state index contributed by atoms with van der Waals surface area (Å²) in [5, 5.41) is 19.3. The molecule has 28 heavy (non-hydrogen) atoms. The maximum absolute atomic E-state index is 12.2. The minimum absolute atomic E-state index is 0.129. The van der Waals surface area contributed by atoms with E-state index in [1.807, 2.05) is 13.0 Å². The second kappa shape index (κ2) is 6.65. The van der Waals surface area contributed by atoms with Crippen molar-refractivity contribution in [3.8, 4) is 28.3 Å². The summed E-state index contributed by atoms with van der Waals surface area (Å²) < 4.78 is 7.29. The van der Waals surface area contributed by atoms with Crippen LogP contribution >= 0.6 is 0 Å². The molecule has 4 rings (SSSR count). The first-order valence-corrected chi connectivity index (χ1v) is 8.46. The van der Waals surface area contributed by atoms with Crippen molar-refractivity contribution in [1.82, 2.24) is 29.9 Å². The number of aromatic carboxylic acids is 1. The van der Waals surface area contributed by atoms with Crippen molar-refractivity contribution >= 4 is 17.1 Å². The van der Waals surface area contributed by atoms with Gasteiger partial charge in [0.05, 0.1) is 12.2 Å². The maximum Gasteiger partial charge on any atom is 0.352 e. The van der Waals surface area contributed by atoms with Crippen LogP contribution in [0.25, 0.3) is 33.7 Å². The zero-order chi connectivity index (χ0) is 19.8. The molecular formula is C18H16N6O4. The Bertz CT molecular complexity index is 1250. The molecule has 0 aliphatic rings. The largest absolute Gasteiger partial charge is 0.493 e. The van der Waals surface area contributed by atoms with Crippen LogP contribution in [0.3, 0.4) is 0 Å². The van der Waals surface area contributed by atoms with Gasteiger partial charge in [-0.3, -0.25) is 4.79 Å². The molecule has 4 aromatic rings. The molecule has 0 spiro atoms. The van der Waals surface area contributed by atoms with Crippen LogP contribution in [0, 0.1) is 0 Å². The molecule has 0 bridgehead atoms. The highest BCUT2D eigenvalue weighted by Gasteiger charge is 2.16. The predicted molar refractivity (Wildman–Crippen MR) is 100 cm³/mol. The number of nitrogens with zero attached hydrogens (tertiary/aromatic N) is 4. The summed E-state index contributed by atoms with van der Waals surface area (Å²) in [6.07, 6.45) is 1.73. The number of aromatic nitrogens is 6. The van der Waals surface area contributed by atoms with Gasteiger partial charge in [0.15, 0.2) is 5.52 Å². The number of rotatable bonds is 5. The quantitative estimate of drug-likeness (QED) is 0.480. The van der Waals surface area contributed by atoms with Gasteiger partial charge in [0.25, 0.3) is 5.56 Å². The highest BCUT2D eigenvalue weighted by atomic mass is 16.5. The number of carboxylic acid groups (broad SMARTS) is 1. The lowest BCUT2D eigenvalue weighted by atomic mass is 10.0. The van der Waals surface area contributed by atoms with E-state index < -0.39 is 11.5 Å². The lowest BCUT2D eigenvalue weighted by molar-refractivity contribution is 0.0686. The standard InChI is InChI=1S/C18H16N6O4/c1-3-28-13-7-9(10-6-12(18(26)27)24(2)8-10)4-5-11(13)15-19-16-14(17(25)20-15)21-23-22-16/h4-8H,3H2,1-2H3,(H,26,27)(H2,19,20,21,22,23,25). The van der Waals surface area contributed by atoms with Crippen LogP contribution in [0.2, 0.25) is 0 Å². The van der Waals surface area contributed by atoms with Crippen LogP contribution in [-0.2, 0) is 7.05 Å². The second-order valence-electron chi connectivity index (χ2n) is 6.08. The van der Waals surface area contributed by atoms with Crippen LogP contribution in [0.5, 0.6) is 5.75 Å². The molecular weight excluding hydrogens is 364 g/mol. The molecule has 10 heteroatoms. The third-order valence-corrected chi connectivity index (χ3v) is 4.29. The smallest absolute Gasteiger partial charge is 0.352 e. The van der Waals surface area contributed by atoms with Gasteiger partial charge in [-0.15, -0.1) is 10.2 Å². The van der Waals surface area contributed by atoms with E-state index in [1.54, 1.807) is 36.0 Å². The zero-order valence-corrected chi connectivity index (χ0v) is 15.1. The SMILES string of the molecule is CCOc1cc(-c2cc(C(=O)O)n(C)c2)ccc1-c1nc2n[nH]nc2c(=O)[nH]1. The number of carbonyl (C=O) groups is 1. The summed E-state index contributed by atoms with van der Waals surface area (Å²) in [4.78, 5) is 30.5. The molecule has 3 N–H and O–H groups in total. The molecule has 0 aliphatic heterocycles. The summed E-state index contributed by atoms with van der Waals surface area (Å²) in [5.74, 6) is -0.189. The normalized spacial score (nSPS) is 11.1. The summed E-state index contributed by atoms with van der Waals surface area (Å²) in [6.45, 7) is 2.25. The molecule has 0 atom stereocenters. The number of aromatic amines is 2. The van der Waals surface area contributed by atoms with Crippen molar-refractivity contribution in [2.45, 2.75) is 6.92 Å². The van der Waals surface area contributed by atoms with Gasteiger partial charge in [0.1, 0.15) is 17.3 Å². The first kappa shape index (κ1) is 17.5. The molecule has 0 aliphatic carbocycles. The monoisotopic (exact) mass is 380 g/mol. The maximum atomic E-state index is 12.2. The van der Waals surface area contributed by atoms with Crippen LogP contribution < -0.4 is 10.3 Å². The fraction of sp³-hybridized carbons (Fsp3) is 0.167. The van der Waals surface area contributed by atoms with E-state index in [-0.39, 0.29) is 16.9 Å². The van der Waals surface area contributed by atoms with Crippen molar-refractivity contribution < 1.29 is 14.6 Å². The summed E-state index contributed by atoms with van der Waals surface area (Å²) in [5.41, 5.74) is 2.21. The molecule has 0 saturated carbocycles. The molecule has 10 nitrogen and oxygen atoms in total. The number of H-pyrrole nitrogens is 2. The number of hydrogen-bond acceptors (Lipinski definition) is 6. The summed E-state index contributed by atoms with van der Waals surface area (Å²) in [7, 11) is 1.67. The Morgan fingerprint density at radius 2 is 2.07 bits per heavy atom. The van der Waals surface area contributed by atoms with Gasteiger partial charge < -0.3 is 19.4 Å². The topological polar surface area (TPSA) is 139 Å². The van der Waals surface area contributed by atoms with E-state index in [1.165, 1.54) is 0 Å². The Balaban J connectivity index is 1.83. The highest BCUT2D eigenvalue weighted by Crippen LogP contribution is 2.33. The molecule has 142 valence electrons. The first-order chi connectivity index (χ1) is 13.5. The van der Waals surface area contributed by atoms with Gasteiger partial charge in [-0.25, -0.2) is 9.78 Å². The van der Waals surface area contributed by atoms with Crippen LogP contribution in [0.1, 0.15) is 17.4 Å². The van der Waals surface area contributed by atoms with E-state index >= 15 is 0 Å². The lowest BCUT2D eigenvalue weighted by Crippen LogP contribution is -2.10. The number of hydrogen-bond donors (Lipinski definition) is 3. The zero-order valence-electron chi connectivity index (χ0n) is 15.1. The van der Waals surface area contributed by atoms with Crippen molar-refractivity contribution in [2.24, 2.45) is 7.05 Å². The molecule has 3 heterocycles. The van der Waals surface area contributed by atoms with Crippen LogP contribution in [0.15, 0.2) is 35.3 Å². The Kier molecular flexibility index (Phi) is 4.15. The average molecular weight is 380 g/mol. The average Bonchev–Trinajstić information content (AvgIpc) is 3.28. The number of benzene rings is 1. The Morgan fingerprint density at radius 1 is 1.25 bits per heavy atom. The third-order valence-electron chi connectivity index (χ3n) is 4.29. The predicted octanol–water partition coefficient (Wildman–Crippen LogP) is 1.81. The van der Waals surface area contributed by atoms with Gasteiger partial charge in [-0.05, 0) is 30.7 Å². The van der Waals surface area contributed by atoms with Crippen molar-refractivity contribution in [3.05, 3.63) is 46.5 Å². The minimum Gasteiger partial charge on any atom is -0.493 e. The molecule has 0 unspecified atom stereocenters. The van der Waals surface area contributed by atoms with E-state index in [0.29, 0.717) is 23.7 Å². The molecule has 0 saturated heterocycles. The summed E-state index contributed by atoms with van der Waals surface area (Å²) >= 11 is 0. The van der Waals surface area contributed by atoms with Crippen LogP contribution in [0.4, 0.5) is 0 Å². The van der Waals surface area contributed by atoms with Gasteiger partial charge in [-0.2, -0.15) is 5.21 Å². The van der Waals surface area contributed by atoms with Gasteiger partial charge in [0, 0.05) is 18.8 Å². The van der Waals surface area contributed by atoms with E-state index in [2.05, 4.69) is 25.4 Å². The fourth-order valence-electron chi connectivity index (χ4n) is 2.99. The van der Waals surface area contributed by atoms with E-state index in [4.69, 9.17) is 4.74 Å². The lowest BCUT2D eigenvalue weighted by Gasteiger charge is -2.11. The Hall–Kier alpha value is -3.95. The van der Waals surface area contributed by atoms with E-state index in [9.17, 15) is 14.7 Å². The van der Waals surface area contributed by atoms with Gasteiger partial charge >= 0.3 is 5.97 Å². The van der Waals surface area contributed by atoms with E-state index in [0.717, 1.165) is 11.1 Å². The molecule has 0 fully saturated rings. The minimum atomic E-state index is -1.00. The number of fused-ring (bicyclic) bond motifs is 1. The molecule has 0 amide bonds. The molecule has 0 radical (unpaired) electrons. The van der Waals surface area contributed by atoms with Crippen molar-refractivity contribution in [1.29, 1.82) is 0 Å². The number of carboxylic acids is 1. The van der Waals surface area contributed by atoms with Crippen molar-refractivity contribution in [3.63, 3.8) is 0 Å². The number of nitrogens with one attached hydrogen (secondary N) is 2. The Morgan fingerprint density at radius 3 is 2.79 bits per heavy atom.